The van der Waals surface area contributed by atoms with Crippen LogP contribution in [0.15, 0.2) is 24.3 Å². The third kappa shape index (κ3) is 9.45. The number of hydrogen-bond acceptors (Lipinski definition) is 3. The van der Waals surface area contributed by atoms with E-state index in [1.54, 1.807) is 0 Å². The monoisotopic (exact) mass is 389 g/mol. The molecular weight excluding hydrogens is 357 g/mol. The van der Waals surface area contributed by atoms with E-state index in [2.05, 4.69) is 34.5 Å². The van der Waals surface area contributed by atoms with Crippen molar-refractivity contribution in [2.45, 2.75) is 58.0 Å². The molecule has 1 aromatic rings. The molecule has 0 spiro atoms. The fourth-order valence-corrected chi connectivity index (χ4v) is 3.13. The van der Waals surface area contributed by atoms with Crippen LogP contribution in [0.2, 0.25) is 0 Å². The van der Waals surface area contributed by atoms with Crippen LogP contribution in [0.1, 0.15) is 56.1 Å². The molecule has 144 valence electrons. The van der Waals surface area contributed by atoms with Crippen molar-refractivity contribution in [2.24, 2.45) is 5.73 Å². The Bertz CT molecular complexity index is 479. The minimum Gasteiger partial charge on any atom is -0.352 e. The van der Waals surface area contributed by atoms with Gasteiger partial charge < -0.3 is 11.1 Å². The van der Waals surface area contributed by atoms with Crippen LogP contribution in [0, 0.1) is 0 Å². The van der Waals surface area contributed by atoms with Crippen molar-refractivity contribution in [1.82, 2.24) is 10.2 Å². The van der Waals surface area contributed by atoms with Gasteiger partial charge in [-0.15, -0.1) is 24.8 Å². The highest BCUT2D eigenvalue weighted by molar-refractivity contribution is 5.85. The Morgan fingerprint density at radius 1 is 1.00 bits per heavy atom. The Morgan fingerprint density at radius 3 is 2.32 bits per heavy atom. The molecule has 4 nitrogen and oxygen atoms in total. The van der Waals surface area contributed by atoms with E-state index in [4.69, 9.17) is 5.73 Å². The molecule has 0 bridgehead atoms. The van der Waals surface area contributed by atoms with Crippen LogP contribution in [-0.2, 0) is 17.9 Å². The molecule has 0 saturated carbocycles. The largest absolute Gasteiger partial charge is 0.352 e. The molecular formula is C19H33Cl2N3O. The summed E-state index contributed by atoms with van der Waals surface area (Å²) >= 11 is 0. The smallest absolute Gasteiger partial charge is 0.220 e. The van der Waals surface area contributed by atoms with Crippen molar-refractivity contribution in [3.8, 4) is 0 Å². The molecule has 0 radical (unpaired) electrons. The number of hydrogen-bond donors (Lipinski definition) is 2. The van der Waals surface area contributed by atoms with Crippen LogP contribution in [0.3, 0.4) is 0 Å². The number of amides is 1. The van der Waals surface area contributed by atoms with E-state index in [0.717, 1.165) is 38.8 Å². The molecule has 0 aliphatic carbocycles. The van der Waals surface area contributed by atoms with Gasteiger partial charge in [-0.05, 0) is 56.4 Å². The highest BCUT2D eigenvalue weighted by Gasteiger charge is 2.13. The highest BCUT2D eigenvalue weighted by atomic mass is 35.5. The van der Waals surface area contributed by atoms with Gasteiger partial charge in [0.25, 0.3) is 0 Å². The molecule has 1 aromatic carbocycles. The normalized spacial score (nSPS) is 13.8. The van der Waals surface area contributed by atoms with Gasteiger partial charge >= 0.3 is 0 Å². The molecule has 1 amide bonds. The van der Waals surface area contributed by atoms with Gasteiger partial charge in [0.2, 0.25) is 5.91 Å². The average Bonchev–Trinajstić information content (AvgIpc) is 3.07. The lowest BCUT2D eigenvalue weighted by Crippen LogP contribution is -2.24. The Kier molecular flexibility index (Phi) is 13.9. The molecule has 1 aliphatic heterocycles. The third-order valence-corrected chi connectivity index (χ3v) is 4.54. The standard InChI is InChI=1S/C19H31N3O.2ClH/c20-12-6-2-1-3-11-19(23)21-15-17-9-4-5-10-18(17)16-22-13-7-8-14-22;;/h4-5,9-10H,1-3,6-8,11-16,20H2,(H,21,23);2*1H. The molecule has 25 heavy (non-hydrogen) atoms. The van der Waals surface area contributed by atoms with Gasteiger partial charge in [0, 0.05) is 19.5 Å². The van der Waals surface area contributed by atoms with Crippen molar-refractivity contribution in [2.75, 3.05) is 19.6 Å². The molecule has 1 heterocycles. The van der Waals surface area contributed by atoms with E-state index in [9.17, 15) is 4.79 Å². The van der Waals surface area contributed by atoms with Gasteiger partial charge in [0.1, 0.15) is 0 Å². The zero-order valence-corrected chi connectivity index (χ0v) is 16.7. The van der Waals surface area contributed by atoms with Gasteiger partial charge in [-0.25, -0.2) is 0 Å². The number of benzene rings is 1. The van der Waals surface area contributed by atoms with E-state index in [1.807, 2.05) is 0 Å². The predicted molar refractivity (Wildman–Crippen MR) is 109 cm³/mol. The van der Waals surface area contributed by atoms with Crippen molar-refractivity contribution < 1.29 is 4.79 Å². The van der Waals surface area contributed by atoms with Gasteiger partial charge in [-0.2, -0.15) is 0 Å². The third-order valence-electron chi connectivity index (χ3n) is 4.54. The average molecular weight is 390 g/mol. The lowest BCUT2D eigenvalue weighted by molar-refractivity contribution is -0.121. The van der Waals surface area contributed by atoms with Crippen molar-refractivity contribution in [3.05, 3.63) is 35.4 Å². The SMILES string of the molecule is Cl.Cl.NCCCCCCC(=O)NCc1ccccc1CN1CCCC1. The van der Waals surface area contributed by atoms with Crippen molar-refractivity contribution in [3.63, 3.8) is 0 Å². The summed E-state index contributed by atoms with van der Waals surface area (Å²) < 4.78 is 0. The minimum atomic E-state index is 0. The lowest BCUT2D eigenvalue weighted by atomic mass is 10.1. The first-order valence-corrected chi connectivity index (χ1v) is 9.05. The molecule has 3 N–H and O–H groups in total. The summed E-state index contributed by atoms with van der Waals surface area (Å²) in [7, 11) is 0. The molecule has 0 unspecified atom stereocenters. The first kappa shape index (κ1) is 24.2. The summed E-state index contributed by atoms with van der Waals surface area (Å²) in [5.41, 5.74) is 8.06. The number of likely N-dealkylation sites (tertiary alicyclic amines) is 1. The first-order chi connectivity index (χ1) is 11.3. The molecule has 0 aromatic heterocycles. The van der Waals surface area contributed by atoms with E-state index >= 15 is 0 Å². The van der Waals surface area contributed by atoms with E-state index < -0.39 is 0 Å². The van der Waals surface area contributed by atoms with Crippen LogP contribution >= 0.6 is 24.8 Å². The second kappa shape index (κ2) is 14.4. The fraction of sp³-hybridized carbons (Fsp3) is 0.632. The molecule has 1 aliphatic rings. The maximum absolute atomic E-state index is 12.0. The van der Waals surface area contributed by atoms with Gasteiger partial charge in [-0.1, -0.05) is 37.1 Å². The van der Waals surface area contributed by atoms with Gasteiger partial charge in [0.05, 0.1) is 0 Å². The maximum Gasteiger partial charge on any atom is 0.220 e. The predicted octanol–water partition coefficient (Wildman–Crippen LogP) is 3.65. The Balaban J connectivity index is 0.00000288. The fourth-order valence-electron chi connectivity index (χ4n) is 3.13. The van der Waals surface area contributed by atoms with Gasteiger partial charge in [0.15, 0.2) is 0 Å². The Morgan fingerprint density at radius 2 is 1.64 bits per heavy atom. The number of unbranched alkanes of at least 4 members (excludes halogenated alkanes) is 3. The van der Waals surface area contributed by atoms with Gasteiger partial charge in [-0.3, -0.25) is 9.69 Å². The van der Waals surface area contributed by atoms with Crippen molar-refractivity contribution in [1.29, 1.82) is 0 Å². The number of nitrogens with zero attached hydrogens (tertiary/aromatic N) is 1. The second-order valence-corrected chi connectivity index (χ2v) is 6.48. The van der Waals surface area contributed by atoms with Crippen molar-refractivity contribution >= 4 is 30.7 Å². The second-order valence-electron chi connectivity index (χ2n) is 6.48. The number of halogens is 2. The lowest BCUT2D eigenvalue weighted by Gasteiger charge is -2.17. The summed E-state index contributed by atoms with van der Waals surface area (Å²) in [6.45, 7) is 4.80. The van der Waals surface area contributed by atoms with Crippen LogP contribution in [0.5, 0.6) is 0 Å². The summed E-state index contributed by atoms with van der Waals surface area (Å²) in [4.78, 5) is 14.5. The summed E-state index contributed by atoms with van der Waals surface area (Å²) in [6, 6.07) is 8.47. The zero-order chi connectivity index (χ0) is 16.3. The summed E-state index contributed by atoms with van der Waals surface area (Å²) in [5, 5.41) is 3.07. The topological polar surface area (TPSA) is 58.4 Å². The molecule has 6 heteroatoms. The number of carbonyl (C=O) groups excluding carboxylic acids is 1. The van der Waals surface area contributed by atoms with E-state index in [0.29, 0.717) is 13.0 Å². The van der Waals surface area contributed by atoms with Crippen LogP contribution < -0.4 is 11.1 Å². The van der Waals surface area contributed by atoms with Crippen LogP contribution in [0.4, 0.5) is 0 Å². The molecule has 1 fully saturated rings. The van der Waals surface area contributed by atoms with E-state index in [-0.39, 0.29) is 30.7 Å². The number of nitrogens with two attached hydrogens (primary N) is 1. The van der Waals surface area contributed by atoms with E-state index in [1.165, 1.54) is 37.1 Å². The summed E-state index contributed by atoms with van der Waals surface area (Å²) in [5.74, 6) is 0.161. The molecule has 2 rings (SSSR count). The quantitative estimate of drug-likeness (QED) is 0.600. The molecule has 0 atom stereocenters. The first-order valence-electron chi connectivity index (χ1n) is 9.05. The van der Waals surface area contributed by atoms with Crippen LogP contribution in [-0.4, -0.2) is 30.4 Å². The number of carbonyl (C=O) groups is 1. The maximum atomic E-state index is 12.0. The Hall–Kier alpha value is -0.810. The zero-order valence-electron chi connectivity index (χ0n) is 15.0. The number of rotatable bonds is 10. The van der Waals surface area contributed by atoms with Crippen LogP contribution in [0.25, 0.3) is 0 Å². The Labute approximate surface area is 164 Å². The molecule has 1 saturated heterocycles. The minimum absolute atomic E-state index is 0. The summed E-state index contributed by atoms with van der Waals surface area (Å²) in [6.07, 6.45) is 7.48. The number of nitrogens with one attached hydrogen (secondary N) is 1. The highest BCUT2D eigenvalue weighted by Crippen LogP contribution is 2.16.